The molecule has 0 aliphatic rings. The molecule has 0 fully saturated rings. The highest BCUT2D eigenvalue weighted by Gasteiger charge is 2.08. The number of benzene rings is 2. The maximum atomic E-state index is 5.77. The number of fused-ring (bicyclic) bond motifs is 4. The molecule has 4 rings (SSSR count). The van der Waals surface area contributed by atoms with E-state index in [4.69, 9.17) is 8.83 Å². The van der Waals surface area contributed by atoms with Gasteiger partial charge in [-0.3, -0.25) is 0 Å². The Morgan fingerprint density at radius 2 is 1.69 bits per heavy atom. The van der Waals surface area contributed by atoms with Gasteiger partial charge in [-0.15, -0.1) is 0 Å². The van der Waals surface area contributed by atoms with Crippen LogP contribution in [0.15, 0.2) is 57.6 Å². The van der Waals surface area contributed by atoms with E-state index in [1.807, 2.05) is 30.3 Å². The summed E-state index contributed by atoms with van der Waals surface area (Å²) in [6.45, 7) is 0. The predicted octanol–water partition coefficient (Wildman–Crippen LogP) is 4.33. The van der Waals surface area contributed by atoms with E-state index in [0.29, 0.717) is 0 Å². The molecule has 4 aromatic rings. The largest absolute Gasteiger partial charge is 0.464 e. The molecule has 16 heavy (non-hydrogen) atoms. The molecule has 2 heterocycles. The van der Waals surface area contributed by atoms with Crippen LogP contribution in [-0.2, 0) is 0 Å². The maximum absolute atomic E-state index is 5.77. The SMILES string of the molecule is c1ccc2c(c1)oc1cc3occc3cc12. The summed E-state index contributed by atoms with van der Waals surface area (Å²) in [7, 11) is 0. The lowest BCUT2D eigenvalue weighted by Crippen LogP contribution is -1.66. The van der Waals surface area contributed by atoms with Gasteiger partial charge in [-0.05, 0) is 18.2 Å². The Hall–Kier alpha value is -2.22. The quantitative estimate of drug-likeness (QED) is 0.430. The molecule has 0 N–H and O–H groups in total. The Morgan fingerprint density at radius 1 is 0.750 bits per heavy atom. The van der Waals surface area contributed by atoms with Crippen molar-refractivity contribution in [3.05, 3.63) is 48.7 Å². The Bertz CT molecular complexity index is 805. The van der Waals surface area contributed by atoms with E-state index in [1.54, 1.807) is 6.26 Å². The summed E-state index contributed by atoms with van der Waals surface area (Å²) in [6.07, 6.45) is 1.70. The molecule has 0 aliphatic heterocycles. The number of furan rings is 2. The molecule has 0 saturated carbocycles. The first kappa shape index (κ1) is 7.99. The van der Waals surface area contributed by atoms with Crippen LogP contribution in [0.3, 0.4) is 0 Å². The molecule has 0 atom stereocenters. The van der Waals surface area contributed by atoms with Crippen molar-refractivity contribution < 1.29 is 8.83 Å². The van der Waals surface area contributed by atoms with Crippen LogP contribution in [-0.4, -0.2) is 0 Å². The van der Waals surface area contributed by atoms with Gasteiger partial charge in [0.05, 0.1) is 6.26 Å². The Morgan fingerprint density at radius 3 is 2.69 bits per heavy atom. The second-order valence-corrected chi connectivity index (χ2v) is 3.91. The average Bonchev–Trinajstić information content (AvgIpc) is 2.88. The maximum Gasteiger partial charge on any atom is 0.139 e. The zero-order valence-electron chi connectivity index (χ0n) is 8.44. The van der Waals surface area contributed by atoms with Crippen molar-refractivity contribution >= 4 is 32.9 Å². The minimum Gasteiger partial charge on any atom is -0.464 e. The fraction of sp³-hybridized carbons (Fsp3) is 0. The van der Waals surface area contributed by atoms with E-state index >= 15 is 0 Å². The minimum absolute atomic E-state index is 0.867. The number of rotatable bonds is 0. The van der Waals surface area contributed by atoms with Crippen LogP contribution in [0.1, 0.15) is 0 Å². The van der Waals surface area contributed by atoms with Crippen molar-refractivity contribution in [2.45, 2.75) is 0 Å². The summed E-state index contributed by atoms with van der Waals surface area (Å²) in [4.78, 5) is 0. The van der Waals surface area contributed by atoms with E-state index in [-0.39, 0.29) is 0 Å². The third-order valence-electron chi connectivity index (χ3n) is 2.95. The van der Waals surface area contributed by atoms with Gasteiger partial charge in [0, 0.05) is 22.2 Å². The van der Waals surface area contributed by atoms with Gasteiger partial charge >= 0.3 is 0 Å². The fourth-order valence-electron chi connectivity index (χ4n) is 2.18. The van der Waals surface area contributed by atoms with Crippen molar-refractivity contribution in [2.75, 3.05) is 0 Å². The lowest BCUT2D eigenvalue weighted by atomic mass is 10.1. The molecule has 0 radical (unpaired) electrons. The standard InChI is InChI=1S/C14H8O2/c1-2-4-12-10(3-1)11-7-9-5-6-15-13(9)8-14(11)16-12/h1-8H. The third kappa shape index (κ3) is 0.910. The van der Waals surface area contributed by atoms with Gasteiger partial charge in [-0.1, -0.05) is 18.2 Å². The van der Waals surface area contributed by atoms with Crippen molar-refractivity contribution in [1.29, 1.82) is 0 Å². The summed E-state index contributed by atoms with van der Waals surface area (Å²) >= 11 is 0. The van der Waals surface area contributed by atoms with Gasteiger partial charge in [0.25, 0.3) is 0 Å². The average molecular weight is 208 g/mol. The number of hydrogen-bond donors (Lipinski definition) is 0. The number of para-hydroxylation sites is 1. The first-order valence-corrected chi connectivity index (χ1v) is 5.20. The van der Waals surface area contributed by atoms with Gasteiger partial charge in [0.1, 0.15) is 16.7 Å². The molecule has 2 aromatic carbocycles. The third-order valence-corrected chi connectivity index (χ3v) is 2.95. The minimum atomic E-state index is 0.867. The highest BCUT2D eigenvalue weighted by molar-refractivity contribution is 6.09. The molecule has 0 aliphatic carbocycles. The van der Waals surface area contributed by atoms with E-state index in [1.165, 1.54) is 0 Å². The summed E-state index contributed by atoms with van der Waals surface area (Å²) < 4.78 is 11.1. The first-order chi connectivity index (χ1) is 7.92. The molecule has 0 saturated heterocycles. The zero-order valence-corrected chi connectivity index (χ0v) is 8.44. The van der Waals surface area contributed by atoms with Gasteiger partial charge in [-0.2, -0.15) is 0 Å². The summed E-state index contributed by atoms with van der Waals surface area (Å²) in [5, 5.41) is 3.41. The van der Waals surface area contributed by atoms with Gasteiger partial charge < -0.3 is 8.83 Å². The van der Waals surface area contributed by atoms with Crippen LogP contribution in [0.4, 0.5) is 0 Å². The monoisotopic (exact) mass is 208 g/mol. The van der Waals surface area contributed by atoms with Gasteiger partial charge in [0.2, 0.25) is 0 Å². The summed E-state index contributed by atoms with van der Waals surface area (Å²) in [5.41, 5.74) is 2.67. The summed E-state index contributed by atoms with van der Waals surface area (Å²) in [6, 6.07) is 14.1. The van der Waals surface area contributed by atoms with Crippen molar-refractivity contribution in [1.82, 2.24) is 0 Å². The lowest BCUT2D eigenvalue weighted by molar-refractivity contribution is 0.613. The topological polar surface area (TPSA) is 26.3 Å². The Balaban J connectivity index is 2.32. The van der Waals surface area contributed by atoms with Crippen LogP contribution in [0.25, 0.3) is 32.9 Å². The first-order valence-electron chi connectivity index (χ1n) is 5.20. The molecule has 76 valence electrons. The lowest BCUT2D eigenvalue weighted by Gasteiger charge is -1.89. The molecule has 0 spiro atoms. The highest BCUT2D eigenvalue weighted by Crippen LogP contribution is 2.32. The fourth-order valence-corrected chi connectivity index (χ4v) is 2.18. The molecular weight excluding hydrogens is 200 g/mol. The molecule has 2 heteroatoms. The molecular formula is C14H8O2. The number of hydrogen-bond acceptors (Lipinski definition) is 2. The van der Waals surface area contributed by atoms with Crippen LogP contribution in [0, 0.1) is 0 Å². The summed E-state index contributed by atoms with van der Waals surface area (Å²) in [5.74, 6) is 0. The van der Waals surface area contributed by atoms with Crippen molar-refractivity contribution in [3.63, 3.8) is 0 Å². The van der Waals surface area contributed by atoms with Gasteiger partial charge in [-0.25, -0.2) is 0 Å². The smallest absolute Gasteiger partial charge is 0.139 e. The van der Waals surface area contributed by atoms with Gasteiger partial charge in [0.15, 0.2) is 0 Å². The Labute approximate surface area is 91.1 Å². The van der Waals surface area contributed by atoms with Crippen LogP contribution >= 0.6 is 0 Å². The Kier molecular flexibility index (Phi) is 1.33. The van der Waals surface area contributed by atoms with Crippen molar-refractivity contribution in [3.8, 4) is 0 Å². The molecule has 0 amide bonds. The highest BCUT2D eigenvalue weighted by atomic mass is 16.3. The van der Waals surface area contributed by atoms with E-state index in [2.05, 4.69) is 12.1 Å². The second kappa shape index (κ2) is 2.67. The predicted molar refractivity (Wildman–Crippen MR) is 63.5 cm³/mol. The van der Waals surface area contributed by atoms with Crippen LogP contribution in [0.2, 0.25) is 0 Å². The van der Waals surface area contributed by atoms with E-state index < -0.39 is 0 Å². The van der Waals surface area contributed by atoms with Crippen molar-refractivity contribution in [2.24, 2.45) is 0 Å². The molecule has 2 aromatic heterocycles. The molecule has 2 nitrogen and oxygen atoms in total. The molecule has 0 unspecified atom stereocenters. The van der Waals surface area contributed by atoms with Crippen LogP contribution in [0.5, 0.6) is 0 Å². The van der Waals surface area contributed by atoms with E-state index in [9.17, 15) is 0 Å². The normalized spacial score (nSPS) is 11.8. The van der Waals surface area contributed by atoms with Crippen LogP contribution < -0.4 is 0 Å². The van der Waals surface area contributed by atoms with E-state index in [0.717, 1.165) is 32.9 Å². The zero-order chi connectivity index (χ0) is 10.5. The second-order valence-electron chi connectivity index (χ2n) is 3.91. The molecule has 0 bridgehead atoms.